The third-order valence-corrected chi connectivity index (χ3v) is 4.42. The Morgan fingerprint density at radius 3 is 2.36 bits per heavy atom. The van der Waals surface area contributed by atoms with Crippen LogP contribution in [0.3, 0.4) is 0 Å². The highest BCUT2D eigenvalue weighted by Crippen LogP contribution is 2.14. The monoisotopic (exact) mass is 241 g/mol. The van der Waals surface area contributed by atoms with E-state index in [1.54, 1.807) is 6.92 Å². The summed E-state index contributed by atoms with van der Waals surface area (Å²) < 4.78 is 22.3. The van der Waals surface area contributed by atoms with Gasteiger partial charge in [0.15, 0.2) is 9.84 Å². The fourth-order valence-electron chi connectivity index (χ4n) is 0.846. The number of alkyl halides is 1. The molecule has 86 valence electrons. The van der Waals surface area contributed by atoms with E-state index in [0.717, 1.165) is 6.54 Å². The summed E-state index contributed by atoms with van der Waals surface area (Å²) in [7, 11) is -2.84. The highest BCUT2D eigenvalue weighted by molar-refractivity contribution is 7.91. The largest absolute Gasteiger partial charge is 0.315 e. The van der Waals surface area contributed by atoms with Crippen molar-refractivity contribution in [3.63, 3.8) is 0 Å². The molecule has 0 aromatic rings. The molecule has 0 spiro atoms. The molecule has 0 unspecified atom stereocenters. The molecule has 5 heteroatoms. The van der Waals surface area contributed by atoms with E-state index in [2.05, 4.69) is 5.32 Å². The first-order chi connectivity index (χ1) is 6.33. The molecule has 0 saturated carbocycles. The Kier molecular flexibility index (Phi) is 6.02. The molecule has 0 atom stereocenters. The number of sulfone groups is 1. The predicted molar refractivity (Wildman–Crippen MR) is 61.7 cm³/mol. The lowest BCUT2D eigenvalue weighted by atomic mass is 9.97. The van der Waals surface area contributed by atoms with Gasteiger partial charge < -0.3 is 5.32 Å². The Bertz CT molecular complexity index is 250. The number of nitrogens with one attached hydrogen (secondary N) is 1. The Hall–Kier alpha value is 0.200. The predicted octanol–water partition coefficient (Wildman–Crippen LogP) is 1.28. The minimum absolute atomic E-state index is 0.0253. The standard InChI is InChI=1S/C9H20ClNO2S/c1-4-14(12,13)6-5-11-8-9(2,3)7-10/h11H,4-8H2,1-3H3. The molecule has 0 radical (unpaired) electrons. The van der Waals surface area contributed by atoms with E-state index in [-0.39, 0.29) is 16.9 Å². The molecule has 0 heterocycles. The van der Waals surface area contributed by atoms with E-state index in [4.69, 9.17) is 11.6 Å². The third kappa shape index (κ3) is 6.62. The van der Waals surface area contributed by atoms with Crippen molar-refractivity contribution in [2.75, 3.05) is 30.5 Å². The van der Waals surface area contributed by atoms with E-state index in [0.29, 0.717) is 12.4 Å². The average Bonchev–Trinajstić information content (AvgIpc) is 2.13. The van der Waals surface area contributed by atoms with Gasteiger partial charge in [0.25, 0.3) is 0 Å². The summed E-state index contributed by atoms with van der Waals surface area (Å²) in [6.07, 6.45) is 0. The van der Waals surface area contributed by atoms with Crippen molar-refractivity contribution in [2.24, 2.45) is 5.41 Å². The van der Waals surface area contributed by atoms with Crippen LogP contribution < -0.4 is 5.32 Å². The Morgan fingerprint density at radius 2 is 1.93 bits per heavy atom. The van der Waals surface area contributed by atoms with Gasteiger partial charge in [0.05, 0.1) is 5.75 Å². The SMILES string of the molecule is CCS(=O)(=O)CCNCC(C)(C)CCl. The van der Waals surface area contributed by atoms with E-state index in [9.17, 15) is 8.42 Å². The van der Waals surface area contributed by atoms with E-state index in [1.807, 2.05) is 13.8 Å². The molecule has 0 saturated heterocycles. The normalized spacial score (nSPS) is 13.1. The van der Waals surface area contributed by atoms with Crippen molar-refractivity contribution in [1.82, 2.24) is 5.32 Å². The fourth-order valence-corrected chi connectivity index (χ4v) is 1.68. The number of hydrogen-bond donors (Lipinski definition) is 1. The van der Waals surface area contributed by atoms with Gasteiger partial charge in [-0.25, -0.2) is 8.42 Å². The zero-order chi connectivity index (χ0) is 11.2. The molecule has 0 fully saturated rings. The number of hydrogen-bond acceptors (Lipinski definition) is 3. The zero-order valence-corrected chi connectivity index (χ0v) is 10.7. The molecule has 1 N–H and O–H groups in total. The Morgan fingerprint density at radius 1 is 1.36 bits per heavy atom. The summed E-state index contributed by atoms with van der Waals surface area (Å²) in [5, 5.41) is 3.10. The van der Waals surface area contributed by atoms with Crippen molar-refractivity contribution in [3.8, 4) is 0 Å². The molecule has 0 aliphatic heterocycles. The van der Waals surface area contributed by atoms with Crippen molar-refractivity contribution in [1.29, 1.82) is 0 Å². The quantitative estimate of drug-likeness (QED) is 0.540. The zero-order valence-electron chi connectivity index (χ0n) is 9.14. The minimum Gasteiger partial charge on any atom is -0.315 e. The topological polar surface area (TPSA) is 46.2 Å². The van der Waals surface area contributed by atoms with E-state index >= 15 is 0 Å². The summed E-state index contributed by atoms with van der Waals surface area (Å²) in [5.74, 6) is 0.996. The summed E-state index contributed by atoms with van der Waals surface area (Å²) >= 11 is 5.73. The molecule has 0 aliphatic rings. The van der Waals surface area contributed by atoms with Gasteiger partial charge in [-0.1, -0.05) is 20.8 Å². The first-order valence-electron chi connectivity index (χ1n) is 4.80. The molecule has 0 amide bonds. The van der Waals surface area contributed by atoms with Gasteiger partial charge in [-0.2, -0.15) is 0 Å². The van der Waals surface area contributed by atoms with Gasteiger partial charge in [-0.05, 0) is 5.41 Å². The molecule has 0 bridgehead atoms. The van der Waals surface area contributed by atoms with Crippen LogP contribution in [0.25, 0.3) is 0 Å². The van der Waals surface area contributed by atoms with Crippen LogP contribution in [0.4, 0.5) is 0 Å². The van der Waals surface area contributed by atoms with Gasteiger partial charge in [0, 0.05) is 24.7 Å². The minimum atomic E-state index is -2.84. The average molecular weight is 242 g/mol. The van der Waals surface area contributed by atoms with Gasteiger partial charge in [0.2, 0.25) is 0 Å². The van der Waals surface area contributed by atoms with Crippen LogP contribution in [0, 0.1) is 5.41 Å². The molecule has 0 aliphatic carbocycles. The van der Waals surface area contributed by atoms with Gasteiger partial charge in [-0.15, -0.1) is 11.6 Å². The Labute approximate surface area is 92.1 Å². The van der Waals surface area contributed by atoms with Crippen LogP contribution in [0.2, 0.25) is 0 Å². The maximum atomic E-state index is 11.1. The molecular weight excluding hydrogens is 222 g/mol. The first-order valence-corrected chi connectivity index (χ1v) is 7.16. The molecule has 14 heavy (non-hydrogen) atoms. The second-order valence-corrected chi connectivity index (χ2v) is 6.95. The summed E-state index contributed by atoms with van der Waals surface area (Å²) in [4.78, 5) is 0. The lowest BCUT2D eigenvalue weighted by Gasteiger charge is -2.21. The maximum Gasteiger partial charge on any atom is 0.151 e. The van der Waals surface area contributed by atoms with Crippen molar-refractivity contribution in [2.45, 2.75) is 20.8 Å². The third-order valence-electron chi connectivity index (χ3n) is 1.99. The van der Waals surface area contributed by atoms with Crippen LogP contribution in [-0.2, 0) is 9.84 Å². The highest BCUT2D eigenvalue weighted by Gasteiger charge is 2.15. The van der Waals surface area contributed by atoms with Gasteiger partial charge >= 0.3 is 0 Å². The van der Waals surface area contributed by atoms with Crippen molar-refractivity contribution in [3.05, 3.63) is 0 Å². The molecule has 0 aromatic carbocycles. The van der Waals surface area contributed by atoms with Crippen LogP contribution in [0.5, 0.6) is 0 Å². The van der Waals surface area contributed by atoms with Gasteiger partial charge in [0.1, 0.15) is 0 Å². The lowest BCUT2D eigenvalue weighted by molar-refractivity contribution is 0.391. The number of rotatable bonds is 7. The van der Waals surface area contributed by atoms with Crippen molar-refractivity contribution >= 4 is 21.4 Å². The van der Waals surface area contributed by atoms with E-state index in [1.165, 1.54) is 0 Å². The second kappa shape index (κ2) is 5.93. The van der Waals surface area contributed by atoms with Crippen LogP contribution >= 0.6 is 11.6 Å². The van der Waals surface area contributed by atoms with Crippen LogP contribution in [-0.4, -0.2) is 38.9 Å². The lowest BCUT2D eigenvalue weighted by Crippen LogP contribution is -2.33. The van der Waals surface area contributed by atoms with Crippen molar-refractivity contribution < 1.29 is 8.42 Å². The molecule has 0 aromatic heterocycles. The van der Waals surface area contributed by atoms with Gasteiger partial charge in [-0.3, -0.25) is 0 Å². The number of halogens is 1. The Balaban J connectivity index is 3.68. The summed E-state index contributed by atoms with van der Waals surface area (Å²) in [6.45, 7) is 7.01. The smallest absolute Gasteiger partial charge is 0.151 e. The molecule has 3 nitrogen and oxygen atoms in total. The molecular formula is C9H20ClNO2S. The second-order valence-electron chi connectivity index (χ2n) is 4.21. The fraction of sp³-hybridized carbons (Fsp3) is 1.00. The highest BCUT2D eigenvalue weighted by atomic mass is 35.5. The summed E-state index contributed by atoms with van der Waals surface area (Å²) in [6, 6.07) is 0. The summed E-state index contributed by atoms with van der Waals surface area (Å²) in [5.41, 5.74) is 0.0253. The van der Waals surface area contributed by atoms with Crippen LogP contribution in [0.1, 0.15) is 20.8 Å². The van der Waals surface area contributed by atoms with E-state index < -0.39 is 9.84 Å². The maximum absolute atomic E-state index is 11.1. The first kappa shape index (κ1) is 14.2. The van der Waals surface area contributed by atoms with Crippen LogP contribution in [0.15, 0.2) is 0 Å². The molecule has 0 rings (SSSR count).